The molecule has 7 nitrogen and oxygen atoms in total. The fraction of sp³-hybridized carbons (Fsp3) is 0.355. The van der Waals surface area contributed by atoms with E-state index in [4.69, 9.17) is 10.5 Å². The Bertz CT molecular complexity index is 1540. The van der Waals surface area contributed by atoms with Gasteiger partial charge in [0.05, 0.1) is 12.6 Å². The fourth-order valence-electron chi connectivity index (χ4n) is 5.78. The highest BCUT2D eigenvalue weighted by atomic mass is 16.5. The predicted octanol–water partition coefficient (Wildman–Crippen LogP) is 5.28. The van der Waals surface area contributed by atoms with Crippen molar-refractivity contribution in [2.75, 3.05) is 11.5 Å². The zero-order valence-corrected chi connectivity index (χ0v) is 22.6. The lowest BCUT2D eigenvalue weighted by Crippen LogP contribution is -2.44. The van der Waals surface area contributed by atoms with Crippen LogP contribution >= 0.6 is 0 Å². The van der Waals surface area contributed by atoms with Gasteiger partial charge < -0.3 is 24.8 Å². The Morgan fingerprint density at radius 2 is 1.89 bits per heavy atom. The van der Waals surface area contributed by atoms with E-state index in [0.29, 0.717) is 18.7 Å². The minimum atomic E-state index is -0.462. The van der Waals surface area contributed by atoms with Gasteiger partial charge in [0.1, 0.15) is 5.82 Å². The third kappa shape index (κ3) is 4.86. The van der Waals surface area contributed by atoms with Gasteiger partial charge in [0, 0.05) is 52.3 Å². The van der Waals surface area contributed by atoms with Crippen molar-refractivity contribution >= 4 is 17.2 Å². The summed E-state index contributed by atoms with van der Waals surface area (Å²) in [5, 5.41) is 0. The van der Waals surface area contributed by atoms with Gasteiger partial charge >= 0.3 is 0 Å². The zero-order chi connectivity index (χ0) is 27.0. The molecule has 1 saturated heterocycles. The first kappa shape index (κ1) is 25.8. The number of anilines is 1. The van der Waals surface area contributed by atoms with Crippen molar-refractivity contribution in [3.8, 4) is 11.1 Å². The first-order valence-electron chi connectivity index (χ1n) is 13.3. The van der Waals surface area contributed by atoms with Crippen molar-refractivity contribution in [1.82, 2.24) is 9.38 Å². The van der Waals surface area contributed by atoms with E-state index in [1.165, 1.54) is 0 Å². The van der Waals surface area contributed by atoms with Crippen LogP contribution < -0.4 is 16.2 Å². The molecule has 3 N–H and O–H groups in total. The second-order valence-corrected chi connectivity index (χ2v) is 10.4. The SMILES string of the molecule is CCC1CC(N(Cc2c(C)cc(C)[nH]c2=O)c2c(C)c(C(N)=O)cc3cc(-c4ccccc4)cn23)CCO1. The second-order valence-electron chi connectivity index (χ2n) is 10.4. The largest absolute Gasteiger partial charge is 0.378 e. The van der Waals surface area contributed by atoms with Gasteiger partial charge in [-0.05, 0) is 69.4 Å². The smallest absolute Gasteiger partial charge is 0.253 e. The van der Waals surface area contributed by atoms with Crippen molar-refractivity contribution < 1.29 is 9.53 Å². The fourth-order valence-corrected chi connectivity index (χ4v) is 5.78. The number of aromatic nitrogens is 2. The molecule has 0 radical (unpaired) electrons. The molecule has 0 saturated carbocycles. The number of aryl methyl sites for hydroxylation is 2. The second kappa shape index (κ2) is 10.5. The topological polar surface area (TPSA) is 92.8 Å². The van der Waals surface area contributed by atoms with E-state index in [-0.39, 0.29) is 17.7 Å². The first-order valence-corrected chi connectivity index (χ1v) is 13.3. The summed E-state index contributed by atoms with van der Waals surface area (Å²) in [4.78, 5) is 31.1. The lowest BCUT2D eigenvalue weighted by Gasteiger charge is -2.40. The van der Waals surface area contributed by atoms with Crippen LogP contribution in [0.5, 0.6) is 0 Å². The Kier molecular flexibility index (Phi) is 7.13. The molecule has 3 aromatic heterocycles. The number of primary amides is 1. The number of benzene rings is 1. The van der Waals surface area contributed by atoms with E-state index in [2.05, 4.69) is 45.6 Å². The number of fused-ring (bicyclic) bond motifs is 1. The molecule has 0 bridgehead atoms. The number of hydrogen-bond acceptors (Lipinski definition) is 4. The number of hydrogen-bond donors (Lipinski definition) is 2. The molecule has 4 aromatic rings. The van der Waals surface area contributed by atoms with E-state index in [0.717, 1.165) is 64.1 Å². The van der Waals surface area contributed by atoms with Crippen LogP contribution in [0.25, 0.3) is 16.6 Å². The molecule has 0 spiro atoms. The van der Waals surface area contributed by atoms with Crippen LogP contribution in [-0.2, 0) is 11.3 Å². The summed E-state index contributed by atoms with van der Waals surface area (Å²) in [6, 6.07) is 16.3. The van der Waals surface area contributed by atoms with Crippen molar-refractivity contribution in [1.29, 1.82) is 0 Å². The van der Waals surface area contributed by atoms with E-state index < -0.39 is 5.91 Å². The van der Waals surface area contributed by atoms with E-state index in [1.807, 2.05) is 51.1 Å². The lowest BCUT2D eigenvalue weighted by atomic mass is 9.97. The Labute approximate surface area is 223 Å². The summed E-state index contributed by atoms with van der Waals surface area (Å²) >= 11 is 0. The summed E-state index contributed by atoms with van der Waals surface area (Å²) in [7, 11) is 0. The summed E-state index contributed by atoms with van der Waals surface area (Å²) < 4.78 is 8.17. The van der Waals surface area contributed by atoms with Gasteiger partial charge in [-0.3, -0.25) is 9.59 Å². The molecule has 4 heterocycles. The molecule has 1 aromatic carbocycles. The van der Waals surface area contributed by atoms with Crippen LogP contribution in [0.2, 0.25) is 0 Å². The number of pyridine rings is 2. The molecule has 38 heavy (non-hydrogen) atoms. The molecule has 1 aliphatic rings. The minimum Gasteiger partial charge on any atom is -0.378 e. The Morgan fingerprint density at radius 1 is 1.13 bits per heavy atom. The Balaban J connectivity index is 1.74. The van der Waals surface area contributed by atoms with Crippen LogP contribution in [0.3, 0.4) is 0 Å². The van der Waals surface area contributed by atoms with Gasteiger partial charge in [0.25, 0.3) is 5.56 Å². The highest BCUT2D eigenvalue weighted by molar-refractivity contribution is 5.97. The Hall–Kier alpha value is -3.84. The first-order chi connectivity index (χ1) is 18.3. The van der Waals surface area contributed by atoms with E-state index in [9.17, 15) is 9.59 Å². The number of nitrogens with zero attached hydrogens (tertiary/aromatic N) is 2. The molecule has 1 fully saturated rings. The van der Waals surface area contributed by atoms with Gasteiger partial charge in [-0.15, -0.1) is 0 Å². The average molecular weight is 513 g/mol. The molecule has 7 heteroatoms. The number of nitrogens with two attached hydrogens (primary N) is 1. The number of ether oxygens (including phenoxy) is 1. The Morgan fingerprint density at radius 3 is 2.58 bits per heavy atom. The maximum atomic E-state index is 13.2. The minimum absolute atomic E-state index is 0.0796. The molecule has 5 rings (SSSR count). The maximum Gasteiger partial charge on any atom is 0.253 e. The normalized spacial score (nSPS) is 17.6. The molecule has 2 unspecified atom stereocenters. The van der Waals surface area contributed by atoms with Crippen LogP contribution in [0.1, 0.15) is 58.9 Å². The van der Waals surface area contributed by atoms with Crippen LogP contribution in [0.15, 0.2) is 59.5 Å². The van der Waals surface area contributed by atoms with Crippen molar-refractivity contribution in [3.05, 3.63) is 93.0 Å². The predicted molar refractivity (Wildman–Crippen MR) is 152 cm³/mol. The summed E-state index contributed by atoms with van der Waals surface area (Å²) in [5.74, 6) is 0.427. The maximum absolute atomic E-state index is 13.2. The van der Waals surface area contributed by atoms with Crippen LogP contribution in [0, 0.1) is 20.8 Å². The summed E-state index contributed by atoms with van der Waals surface area (Å²) in [6.07, 6.45) is 4.86. The zero-order valence-electron chi connectivity index (χ0n) is 22.6. The number of carbonyl (C=O) groups is 1. The molecular weight excluding hydrogens is 476 g/mol. The quantitative estimate of drug-likeness (QED) is 0.352. The summed E-state index contributed by atoms with van der Waals surface area (Å²) in [5.41, 5.74) is 12.7. The average Bonchev–Trinajstić information content (AvgIpc) is 3.33. The van der Waals surface area contributed by atoms with Crippen LogP contribution in [0.4, 0.5) is 5.82 Å². The van der Waals surface area contributed by atoms with Crippen molar-refractivity contribution in [2.45, 2.75) is 65.6 Å². The van der Waals surface area contributed by atoms with Gasteiger partial charge in [-0.25, -0.2) is 0 Å². The number of H-pyrrole nitrogens is 1. The number of carbonyl (C=O) groups excluding carboxylic acids is 1. The molecule has 1 aliphatic heterocycles. The van der Waals surface area contributed by atoms with Gasteiger partial charge in [0.15, 0.2) is 0 Å². The standard InChI is InChI=1S/C31H36N4O3/c1-5-26-15-24(11-12-38-26)35(18-28-19(2)13-20(3)33-30(28)37)31-21(4)27(29(32)36)16-25-14-23(17-34(25)31)22-9-7-6-8-10-22/h6-10,13-14,16-17,24,26H,5,11-12,15,18H2,1-4H3,(H2,32,36)(H,33,37). The van der Waals surface area contributed by atoms with Gasteiger partial charge in [-0.2, -0.15) is 0 Å². The molecule has 0 aliphatic carbocycles. The number of rotatable bonds is 7. The lowest BCUT2D eigenvalue weighted by molar-refractivity contribution is 0.00437. The molecular formula is C31H36N4O3. The van der Waals surface area contributed by atoms with Crippen LogP contribution in [-0.4, -0.2) is 34.0 Å². The monoisotopic (exact) mass is 512 g/mol. The molecule has 198 valence electrons. The summed E-state index contributed by atoms with van der Waals surface area (Å²) in [6.45, 7) is 9.05. The van der Waals surface area contributed by atoms with Gasteiger partial charge in [-0.1, -0.05) is 37.3 Å². The highest BCUT2D eigenvalue weighted by Crippen LogP contribution is 2.35. The molecule has 1 amide bonds. The third-order valence-electron chi connectivity index (χ3n) is 7.81. The number of aromatic amines is 1. The highest BCUT2D eigenvalue weighted by Gasteiger charge is 2.31. The third-order valence-corrected chi connectivity index (χ3v) is 7.81. The van der Waals surface area contributed by atoms with Crippen molar-refractivity contribution in [2.24, 2.45) is 5.73 Å². The van der Waals surface area contributed by atoms with E-state index >= 15 is 0 Å². The van der Waals surface area contributed by atoms with Crippen molar-refractivity contribution in [3.63, 3.8) is 0 Å². The molecule has 2 atom stereocenters. The number of amides is 1. The van der Waals surface area contributed by atoms with E-state index in [1.54, 1.807) is 0 Å². The number of nitrogens with one attached hydrogen (secondary N) is 1. The van der Waals surface area contributed by atoms with Gasteiger partial charge in [0.2, 0.25) is 5.91 Å².